The van der Waals surface area contributed by atoms with Crippen LogP contribution in [0.2, 0.25) is 0 Å². The van der Waals surface area contributed by atoms with Crippen molar-refractivity contribution in [3.63, 3.8) is 0 Å². The van der Waals surface area contributed by atoms with Crippen molar-refractivity contribution in [1.29, 1.82) is 0 Å². The smallest absolute Gasteiger partial charge is 0.412 e. The van der Waals surface area contributed by atoms with Gasteiger partial charge in [-0.3, -0.25) is 4.72 Å². The molecule has 0 fully saturated rings. The number of hydrogen-bond donors (Lipinski definition) is 3. The molecular formula is C3H6N2O3S. The summed E-state index contributed by atoms with van der Waals surface area (Å²) in [7, 11) is 0. The maximum atomic E-state index is 10.2. The molecule has 0 aromatic heterocycles. The number of carboxylic acid groups (broad SMARTS) is 1. The van der Waals surface area contributed by atoms with Crippen molar-refractivity contribution in [3.8, 4) is 0 Å². The lowest BCUT2D eigenvalue weighted by Crippen LogP contribution is -2.34. The summed E-state index contributed by atoms with van der Waals surface area (Å²) in [5.74, 6) is 0. The van der Waals surface area contributed by atoms with Gasteiger partial charge < -0.3 is 5.11 Å². The number of carbonyl (C=O) groups is 2. The lowest BCUT2D eigenvalue weighted by Gasteiger charge is -1.96. The second-order valence-electron chi connectivity index (χ2n) is 1.07. The first-order chi connectivity index (χ1) is 4.16. The van der Waals surface area contributed by atoms with Gasteiger partial charge in [0.25, 0.3) is 0 Å². The molecule has 0 spiro atoms. The Bertz CT molecular complexity index is 126. The van der Waals surface area contributed by atoms with Crippen LogP contribution in [0.4, 0.5) is 9.59 Å². The molecule has 6 heteroatoms. The molecule has 0 aliphatic heterocycles. The predicted molar refractivity (Wildman–Crippen MR) is 33.2 cm³/mol. The number of urea groups is 1. The summed E-state index contributed by atoms with van der Waals surface area (Å²) in [5, 5.41) is 9.52. The van der Waals surface area contributed by atoms with Crippen LogP contribution in [-0.4, -0.2) is 23.5 Å². The van der Waals surface area contributed by atoms with E-state index < -0.39 is 12.1 Å². The molecule has 0 aromatic carbocycles. The Hall–Kier alpha value is -0.910. The van der Waals surface area contributed by atoms with E-state index in [0.717, 1.165) is 11.9 Å². The highest BCUT2D eigenvalue weighted by Crippen LogP contribution is 1.79. The number of amides is 3. The monoisotopic (exact) mass is 150 g/mol. The van der Waals surface area contributed by atoms with Gasteiger partial charge in [-0.15, -0.1) is 0 Å². The van der Waals surface area contributed by atoms with Gasteiger partial charge >= 0.3 is 12.1 Å². The number of rotatable bonds is 1. The van der Waals surface area contributed by atoms with Gasteiger partial charge in [0, 0.05) is 6.26 Å². The van der Waals surface area contributed by atoms with Gasteiger partial charge in [0.1, 0.15) is 0 Å². The molecule has 0 aliphatic rings. The molecule has 0 atom stereocenters. The van der Waals surface area contributed by atoms with Gasteiger partial charge in [0.15, 0.2) is 0 Å². The third kappa shape index (κ3) is 4.95. The zero-order chi connectivity index (χ0) is 7.28. The molecule has 0 aliphatic carbocycles. The van der Waals surface area contributed by atoms with E-state index in [4.69, 9.17) is 5.11 Å². The molecular weight excluding hydrogens is 144 g/mol. The fraction of sp³-hybridized carbons (Fsp3) is 0.333. The molecule has 3 amide bonds. The van der Waals surface area contributed by atoms with Crippen LogP contribution in [0.5, 0.6) is 0 Å². The van der Waals surface area contributed by atoms with E-state index in [0.29, 0.717) is 0 Å². The van der Waals surface area contributed by atoms with E-state index in [-0.39, 0.29) is 0 Å². The van der Waals surface area contributed by atoms with Gasteiger partial charge in [-0.05, 0) is 0 Å². The molecule has 0 bridgehead atoms. The SMILES string of the molecule is CSNC(=O)NC(=O)O. The summed E-state index contributed by atoms with van der Waals surface area (Å²) >= 11 is 1.03. The van der Waals surface area contributed by atoms with E-state index in [1.54, 1.807) is 11.6 Å². The van der Waals surface area contributed by atoms with E-state index in [1.165, 1.54) is 0 Å². The van der Waals surface area contributed by atoms with Crippen LogP contribution >= 0.6 is 11.9 Å². The van der Waals surface area contributed by atoms with Crippen molar-refractivity contribution in [2.75, 3.05) is 6.26 Å². The van der Waals surface area contributed by atoms with Gasteiger partial charge in [0.05, 0.1) is 0 Å². The molecule has 0 saturated heterocycles. The van der Waals surface area contributed by atoms with Crippen molar-refractivity contribution < 1.29 is 14.7 Å². The van der Waals surface area contributed by atoms with E-state index >= 15 is 0 Å². The van der Waals surface area contributed by atoms with Crippen LogP contribution in [0.25, 0.3) is 0 Å². The lowest BCUT2D eigenvalue weighted by molar-refractivity contribution is 0.193. The Balaban J connectivity index is 3.39. The second kappa shape index (κ2) is 4.02. The summed E-state index contributed by atoms with van der Waals surface area (Å²) in [6.07, 6.45) is 0.253. The van der Waals surface area contributed by atoms with Gasteiger partial charge in [-0.25, -0.2) is 14.9 Å². The zero-order valence-corrected chi connectivity index (χ0v) is 5.49. The molecule has 0 saturated carbocycles. The highest BCUT2D eigenvalue weighted by molar-refractivity contribution is 7.97. The number of carbonyl (C=O) groups excluding carboxylic acids is 1. The van der Waals surface area contributed by atoms with Crippen LogP contribution in [0.15, 0.2) is 0 Å². The molecule has 52 valence electrons. The summed E-state index contributed by atoms with van der Waals surface area (Å²) in [6, 6.07) is -0.727. The van der Waals surface area contributed by atoms with Crippen LogP contribution in [0, 0.1) is 0 Å². The zero-order valence-electron chi connectivity index (χ0n) is 4.67. The highest BCUT2D eigenvalue weighted by atomic mass is 32.2. The minimum Gasteiger partial charge on any atom is -0.465 e. The van der Waals surface area contributed by atoms with Gasteiger partial charge in [0.2, 0.25) is 0 Å². The van der Waals surface area contributed by atoms with Crippen molar-refractivity contribution in [3.05, 3.63) is 0 Å². The van der Waals surface area contributed by atoms with Crippen molar-refractivity contribution >= 4 is 24.1 Å². The normalized spacial score (nSPS) is 8.11. The molecule has 0 aromatic rings. The van der Waals surface area contributed by atoms with Crippen molar-refractivity contribution in [1.82, 2.24) is 10.0 Å². The third-order valence-electron chi connectivity index (χ3n) is 0.415. The fourth-order valence-corrected chi connectivity index (χ4v) is 0.452. The Labute approximate surface area is 55.9 Å². The van der Waals surface area contributed by atoms with Crippen LogP contribution in [0.1, 0.15) is 0 Å². The molecule has 3 N–H and O–H groups in total. The number of hydrogen-bond acceptors (Lipinski definition) is 3. The second-order valence-corrected chi connectivity index (χ2v) is 1.68. The quantitative estimate of drug-likeness (QED) is 0.468. The number of nitrogens with one attached hydrogen (secondary N) is 2. The highest BCUT2D eigenvalue weighted by Gasteiger charge is 2.00. The third-order valence-corrected chi connectivity index (χ3v) is 0.805. The summed E-state index contributed by atoms with van der Waals surface area (Å²) < 4.78 is 2.16. The Morgan fingerprint density at radius 1 is 1.56 bits per heavy atom. The summed E-state index contributed by atoms with van der Waals surface area (Å²) in [6.45, 7) is 0. The van der Waals surface area contributed by atoms with E-state index in [1.807, 2.05) is 0 Å². The van der Waals surface area contributed by atoms with Crippen molar-refractivity contribution in [2.45, 2.75) is 0 Å². The van der Waals surface area contributed by atoms with E-state index in [2.05, 4.69) is 4.72 Å². The van der Waals surface area contributed by atoms with Crippen LogP contribution in [0.3, 0.4) is 0 Å². The van der Waals surface area contributed by atoms with Gasteiger partial charge in [-0.2, -0.15) is 0 Å². The molecule has 0 radical (unpaired) electrons. The first-order valence-corrected chi connectivity index (χ1v) is 3.22. The first-order valence-electron chi connectivity index (χ1n) is 1.99. The maximum absolute atomic E-state index is 10.2. The summed E-state index contributed by atoms with van der Waals surface area (Å²) in [5.41, 5.74) is 0. The fourth-order valence-electron chi connectivity index (χ4n) is 0.215. The molecule has 0 heterocycles. The number of imide groups is 1. The molecule has 5 nitrogen and oxygen atoms in total. The molecule has 0 unspecified atom stereocenters. The lowest BCUT2D eigenvalue weighted by atomic mass is 11.0. The average Bonchev–Trinajstić information content (AvgIpc) is 1.63. The topological polar surface area (TPSA) is 78.4 Å². The van der Waals surface area contributed by atoms with E-state index in [9.17, 15) is 9.59 Å². The first kappa shape index (κ1) is 8.09. The average molecular weight is 150 g/mol. The molecule has 0 rings (SSSR count). The standard InChI is InChI=1S/C3H6N2O3S/c1-9-5-2(6)4-3(7)8/h1H3,(H,7,8)(H2,4,5,6). The molecule has 9 heavy (non-hydrogen) atoms. The minimum absolute atomic E-state index is 0.727. The Morgan fingerprint density at radius 2 is 2.11 bits per heavy atom. The van der Waals surface area contributed by atoms with Gasteiger partial charge in [-0.1, -0.05) is 11.9 Å². The Kier molecular flexibility index (Phi) is 3.61. The Morgan fingerprint density at radius 3 is 2.44 bits per heavy atom. The van der Waals surface area contributed by atoms with Crippen LogP contribution in [-0.2, 0) is 0 Å². The van der Waals surface area contributed by atoms with Crippen molar-refractivity contribution in [2.24, 2.45) is 0 Å². The van der Waals surface area contributed by atoms with Crippen LogP contribution < -0.4 is 10.0 Å². The minimum atomic E-state index is -1.36. The maximum Gasteiger partial charge on any atom is 0.412 e. The summed E-state index contributed by atoms with van der Waals surface area (Å²) in [4.78, 5) is 19.9. The predicted octanol–water partition coefficient (Wildman–Crippen LogP) is 0.242. The largest absolute Gasteiger partial charge is 0.465 e.